The van der Waals surface area contributed by atoms with Gasteiger partial charge >= 0.3 is 0 Å². The molecule has 10 heteroatoms. The number of imidazole rings is 1. The van der Waals surface area contributed by atoms with E-state index < -0.39 is 10.0 Å². The summed E-state index contributed by atoms with van der Waals surface area (Å²) in [5, 5.41) is 0.811. The Hall–Kier alpha value is -3.37. The summed E-state index contributed by atoms with van der Waals surface area (Å²) in [5.74, 6) is 1.51. The van der Waals surface area contributed by atoms with Gasteiger partial charge in [0.05, 0.1) is 11.2 Å². The van der Waals surface area contributed by atoms with E-state index in [4.69, 9.17) is 0 Å². The highest BCUT2D eigenvalue weighted by atomic mass is 32.2. The standard InChI is InChI=1S/C22H23N7O2S/c1-16-17(2)29(15-26-16)21-13-20(24-14-25-21)27-9-11-28(12-10-27)32(30,31)19-7-3-5-18-6-4-8-23-22(18)19/h3-8,13-15H,9-12H2,1-2H3. The molecule has 4 heterocycles. The van der Waals surface area contributed by atoms with Gasteiger partial charge in [0.25, 0.3) is 0 Å². The van der Waals surface area contributed by atoms with Crippen molar-refractivity contribution in [1.29, 1.82) is 0 Å². The summed E-state index contributed by atoms with van der Waals surface area (Å²) in [6.45, 7) is 5.77. The molecule has 0 aliphatic carbocycles. The van der Waals surface area contributed by atoms with Gasteiger partial charge in [-0.2, -0.15) is 4.31 Å². The second-order valence-electron chi connectivity index (χ2n) is 7.74. The molecule has 1 fully saturated rings. The van der Waals surface area contributed by atoms with Gasteiger partial charge in [-0.05, 0) is 26.0 Å². The molecule has 5 rings (SSSR count). The first-order valence-corrected chi connectivity index (χ1v) is 11.8. The second kappa shape index (κ2) is 7.95. The van der Waals surface area contributed by atoms with Crippen LogP contribution in [0.3, 0.4) is 0 Å². The fourth-order valence-electron chi connectivity index (χ4n) is 3.95. The first kappa shape index (κ1) is 20.5. The Bertz CT molecular complexity index is 1390. The van der Waals surface area contributed by atoms with Crippen LogP contribution in [-0.4, -0.2) is 63.4 Å². The molecule has 0 atom stereocenters. The lowest BCUT2D eigenvalue weighted by molar-refractivity contribution is 0.384. The SMILES string of the molecule is Cc1ncn(-c2cc(N3CCN(S(=O)(=O)c4cccc5cccnc45)CC3)ncn2)c1C. The number of benzene rings is 1. The van der Waals surface area contributed by atoms with Crippen molar-refractivity contribution in [2.75, 3.05) is 31.1 Å². The van der Waals surface area contributed by atoms with Crippen LogP contribution in [0.1, 0.15) is 11.4 Å². The van der Waals surface area contributed by atoms with E-state index >= 15 is 0 Å². The Morgan fingerprint density at radius 2 is 1.62 bits per heavy atom. The van der Waals surface area contributed by atoms with Crippen molar-refractivity contribution in [2.24, 2.45) is 0 Å². The minimum atomic E-state index is -3.65. The molecular weight excluding hydrogens is 426 g/mol. The van der Waals surface area contributed by atoms with Crippen LogP contribution in [0.15, 0.2) is 60.1 Å². The lowest BCUT2D eigenvalue weighted by atomic mass is 10.2. The fraction of sp³-hybridized carbons (Fsp3) is 0.273. The van der Waals surface area contributed by atoms with Gasteiger partial charge in [-0.15, -0.1) is 0 Å². The third-order valence-corrected chi connectivity index (χ3v) is 7.84. The van der Waals surface area contributed by atoms with E-state index in [2.05, 4.69) is 24.8 Å². The highest BCUT2D eigenvalue weighted by molar-refractivity contribution is 7.89. The van der Waals surface area contributed by atoms with Gasteiger partial charge in [-0.25, -0.2) is 23.4 Å². The molecular formula is C22H23N7O2S. The van der Waals surface area contributed by atoms with Crippen LogP contribution in [-0.2, 0) is 10.0 Å². The summed E-state index contributed by atoms with van der Waals surface area (Å²) in [6, 6.07) is 10.8. The van der Waals surface area contributed by atoms with Crippen molar-refractivity contribution in [3.63, 3.8) is 0 Å². The van der Waals surface area contributed by atoms with Crippen LogP contribution in [0.2, 0.25) is 0 Å². The average Bonchev–Trinajstić information content (AvgIpc) is 3.17. The number of rotatable bonds is 4. The maximum absolute atomic E-state index is 13.4. The van der Waals surface area contributed by atoms with Crippen LogP contribution in [0.4, 0.5) is 5.82 Å². The minimum absolute atomic E-state index is 0.249. The van der Waals surface area contributed by atoms with Gasteiger partial charge < -0.3 is 4.90 Å². The van der Waals surface area contributed by atoms with Crippen molar-refractivity contribution in [1.82, 2.24) is 28.8 Å². The highest BCUT2D eigenvalue weighted by Gasteiger charge is 2.30. The largest absolute Gasteiger partial charge is 0.354 e. The molecule has 0 radical (unpaired) electrons. The number of anilines is 1. The van der Waals surface area contributed by atoms with Gasteiger partial charge in [-0.1, -0.05) is 18.2 Å². The molecule has 0 spiro atoms. The summed E-state index contributed by atoms with van der Waals surface area (Å²) >= 11 is 0. The molecule has 0 unspecified atom stereocenters. The van der Waals surface area contributed by atoms with Gasteiger partial charge in [-0.3, -0.25) is 9.55 Å². The van der Waals surface area contributed by atoms with Gasteiger partial charge in [0.2, 0.25) is 10.0 Å². The molecule has 0 N–H and O–H groups in total. The number of hydrogen-bond donors (Lipinski definition) is 0. The molecule has 1 saturated heterocycles. The van der Waals surface area contributed by atoms with Gasteiger partial charge in [0.15, 0.2) is 0 Å². The molecule has 32 heavy (non-hydrogen) atoms. The minimum Gasteiger partial charge on any atom is -0.354 e. The maximum Gasteiger partial charge on any atom is 0.245 e. The Kier molecular flexibility index (Phi) is 5.10. The molecule has 9 nitrogen and oxygen atoms in total. The van der Waals surface area contributed by atoms with E-state index in [1.54, 1.807) is 30.7 Å². The number of piperazine rings is 1. The molecule has 0 bridgehead atoms. The van der Waals surface area contributed by atoms with E-state index in [-0.39, 0.29) is 4.90 Å². The monoisotopic (exact) mass is 449 g/mol. The number of aromatic nitrogens is 5. The highest BCUT2D eigenvalue weighted by Crippen LogP contribution is 2.26. The summed E-state index contributed by atoms with van der Waals surface area (Å²) in [4.78, 5) is 19.8. The molecule has 1 aliphatic rings. The van der Waals surface area contributed by atoms with E-state index in [0.717, 1.165) is 28.4 Å². The Labute approximate surface area is 186 Å². The Balaban J connectivity index is 1.36. The van der Waals surface area contributed by atoms with Crippen molar-refractivity contribution in [3.05, 3.63) is 66.6 Å². The predicted octanol–water partition coefficient (Wildman–Crippen LogP) is 2.34. The van der Waals surface area contributed by atoms with Gasteiger partial charge in [0, 0.05) is 49.5 Å². The smallest absolute Gasteiger partial charge is 0.245 e. The van der Waals surface area contributed by atoms with Crippen molar-refractivity contribution in [2.45, 2.75) is 18.7 Å². The molecule has 3 aromatic heterocycles. The average molecular weight is 450 g/mol. The van der Waals surface area contributed by atoms with Gasteiger partial charge in [0.1, 0.15) is 29.2 Å². The second-order valence-corrected chi connectivity index (χ2v) is 9.65. The molecule has 164 valence electrons. The Morgan fingerprint density at radius 3 is 2.38 bits per heavy atom. The van der Waals surface area contributed by atoms with Crippen molar-refractivity contribution >= 4 is 26.7 Å². The molecule has 0 saturated carbocycles. The number of para-hydroxylation sites is 1. The third kappa shape index (κ3) is 3.51. The van der Waals surface area contributed by atoms with Crippen LogP contribution in [0, 0.1) is 13.8 Å². The van der Waals surface area contributed by atoms with Crippen molar-refractivity contribution in [3.8, 4) is 5.82 Å². The molecule has 4 aromatic rings. The molecule has 1 aliphatic heterocycles. The molecule has 0 amide bonds. The lowest BCUT2D eigenvalue weighted by Gasteiger charge is -2.34. The predicted molar refractivity (Wildman–Crippen MR) is 121 cm³/mol. The summed E-state index contributed by atoms with van der Waals surface area (Å²) in [6.07, 6.45) is 4.90. The zero-order valence-corrected chi connectivity index (χ0v) is 18.7. The first-order valence-electron chi connectivity index (χ1n) is 10.4. The summed E-state index contributed by atoms with van der Waals surface area (Å²) in [7, 11) is -3.65. The van der Waals surface area contributed by atoms with Crippen molar-refractivity contribution < 1.29 is 8.42 Å². The Morgan fingerprint density at radius 1 is 0.875 bits per heavy atom. The topological polar surface area (TPSA) is 97.1 Å². The normalized spacial score (nSPS) is 15.4. The lowest BCUT2D eigenvalue weighted by Crippen LogP contribution is -2.49. The zero-order valence-electron chi connectivity index (χ0n) is 17.9. The van der Waals surface area contributed by atoms with E-state index in [9.17, 15) is 8.42 Å². The van der Waals surface area contributed by atoms with E-state index in [1.807, 2.05) is 36.6 Å². The van der Waals surface area contributed by atoms with E-state index in [0.29, 0.717) is 31.7 Å². The zero-order chi connectivity index (χ0) is 22.3. The number of aryl methyl sites for hydroxylation is 1. The maximum atomic E-state index is 13.4. The molecule has 1 aromatic carbocycles. The van der Waals surface area contributed by atoms with Crippen LogP contribution in [0.5, 0.6) is 0 Å². The number of pyridine rings is 1. The summed E-state index contributed by atoms with van der Waals surface area (Å²) in [5.41, 5.74) is 2.48. The first-order chi connectivity index (χ1) is 15.4. The summed E-state index contributed by atoms with van der Waals surface area (Å²) < 4.78 is 30.2. The quantitative estimate of drug-likeness (QED) is 0.472. The van der Waals surface area contributed by atoms with Crippen LogP contribution in [0.25, 0.3) is 16.7 Å². The van der Waals surface area contributed by atoms with Crippen LogP contribution < -0.4 is 4.90 Å². The fourth-order valence-corrected chi connectivity index (χ4v) is 5.54. The number of fused-ring (bicyclic) bond motifs is 1. The van der Waals surface area contributed by atoms with E-state index in [1.165, 1.54) is 10.6 Å². The number of sulfonamides is 1. The number of hydrogen-bond acceptors (Lipinski definition) is 7. The number of nitrogens with zero attached hydrogens (tertiary/aromatic N) is 7. The van der Waals surface area contributed by atoms with Crippen LogP contribution >= 0.6 is 0 Å². The third-order valence-electron chi connectivity index (χ3n) is 5.91.